The summed E-state index contributed by atoms with van der Waals surface area (Å²) in [5.41, 5.74) is 6.72. The molecule has 0 aliphatic heterocycles. The Hall–Kier alpha value is -1.27. The van der Waals surface area contributed by atoms with E-state index in [1.165, 1.54) is 0 Å². The van der Waals surface area contributed by atoms with E-state index in [2.05, 4.69) is 17.1 Å². The van der Waals surface area contributed by atoms with E-state index in [0.29, 0.717) is 17.5 Å². The van der Waals surface area contributed by atoms with E-state index in [1.807, 2.05) is 19.9 Å². The molecule has 0 aromatic carbocycles. The van der Waals surface area contributed by atoms with E-state index in [9.17, 15) is 0 Å². The Morgan fingerprint density at radius 2 is 2.11 bits per heavy atom. The number of nitrogens with zero attached hydrogens (tertiary/aromatic N) is 2. The molecule has 2 rings (SSSR count). The van der Waals surface area contributed by atoms with Gasteiger partial charge in [0.1, 0.15) is 11.5 Å². The number of furan rings is 1. The Bertz CT molecular complexity index is 536. The fourth-order valence-electron chi connectivity index (χ4n) is 1.68. The van der Waals surface area contributed by atoms with Gasteiger partial charge in [-0.2, -0.15) is 11.8 Å². The minimum absolute atomic E-state index is 0.228. The predicted octanol–water partition coefficient (Wildman–Crippen LogP) is 2.92. The number of hydrogen-bond donors (Lipinski definition) is 1. The molecule has 0 fully saturated rings. The third-order valence-corrected chi connectivity index (χ3v) is 3.94. The van der Waals surface area contributed by atoms with Gasteiger partial charge in [0.2, 0.25) is 5.89 Å². The molecule has 19 heavy (non-hydrogen) atoms. The van der Waals surface area contributed by atoms with Crippen molar-refractivity contribution in [3.05, 3.63) is 23.5 Å². The molecule has 0 saturated heterocycles. The van der Waals surface area contributed by atoms with Crippen molar-refractivity contribution in [1.82, 2.24) is 10.2 Å². The Morgan fingerprint density at radius 1 is 1.32 bits per heavy atom. The summed E-state index contributed by atoms with van der Waals surface area (Å²) in [5.74, 6) is 4.38. The fourth-order valence-corrected chi connectivity index (χ4v) is 2.63. The maximum atomic E-state index is 5.86. The van der Waals surface area contributed by atoms with E-state index < -0.39 is 0 Å². The van der Waals surface area contributed by atoms with Crippen molar-refractivity contribution in [3.63, 3.8) is 0 Å². The molecule has 1 unspecified atom stereocenters. The largest absolute Gasteiger partial charge is 0.466 e. The van der Waals surface area contributed by atoms with Gasteiger partial charge in [0.15, 0.2) is 0 Å². The Balaban J connectivity index is 1.97. The minimum Gasteiger partial charge on any atom is -0.466 e. The molecule has 0 spiro atoms. The average molecular weight is 281 g/mol. The molecule has 2 aromatic rings. The Labute approximate surface area is 117 Å². The summed E-state index contributed by atoms with van der Waals surface area (Å²) < 4.78 is 11.1. The van der Waals surface area contributed by atoms with Gasteiger partial charge < -0.3 is 14.6 Å². The number of nitrogens with two attached hydrogens (primary N) is 1. The van der Waals surface area contributed by atoms with Crippen LogP contribution in [0, 0.1) is 13.8 Å². The van der Waals surface area contributed by atoms with E-state index >= 15 is 0 Å². The highest BCUT2D eigenvalue weighted by Crippen LogP contribution is 2.26. The fraction of sp³-hybridized carbons (Fsp3) is 0.538. The lowest BCUT2D eigenvalue weighted by Gasteiger charge is -2.05. The second kappa shape index (κ2) is 6.25. The van der Waals surface area contributed by atoms with Crippen LogP contribution in [-0.2, 0) is 5.75 Å². The zero-order chi connectivity index (χ0) is 13.8. The number of thioether (sulfide) groups is 1. The van der Waals surface area contributed by atoms with Crippen LogP contribution < -0.4 is 5.73 Å². The van der Waals surface area contributed by atoms with Crippen molar-refractivity contribution in [1.29, 1.82) is 0 Å². The van der Waals surface area contributed by atoms with E-state index in [-0.39, 0.29) is 6.04 Å². The molecule has 0 amide bonds. The molecule has 2 aromatic heterocycles. The second-order valence-corrected chi connectivity index (χ2v) is 5.54. The van der Waals surface area contributed by atoms with Crippen LogP contribution >= 0.6 is 11.8 Å². The first-order valence-corrected chi connectivity index (χ1v) is 7.48. The first-order valence-electron chi connectivity index (χ1n) is 6.33. The van der Waals surface area contributed by atoms with Gasteiger partial charge in [-0.15, -0.1) is 10.2 Å². The molecule has 2 N–H and O–H groups in total. The van der Waals surface area contributed by atoms with Crippen molar-refractivity contribution in [2.45, 2.75) is 39.0 Å². The summed E-state index contributed by atoms with van der Waals surface area (Å²) in [6.07, 6.45) is 0.982. The highest BCUT2D eigenvalue weighted by Gasteiger charge is 2.14. The van der Waals surface area contributed by atoms with Crippen LogP contribution in [0.1, 0.15) is 30.8 Å². The smallest absolute Gasteiger partial charge is 0.251 e. The monoisotopic (exact) mass is 281 g/mol. The molecule has 0 aliphatic rings. The van der Waals surface area contributed by atoms with Crippen molar-refractivity contribution >= 4 is 11.8 Å². The maximum Gasteiger partial charge on any atom is 0.251 e. The SMILES string of the molecule is CCC(N)CSCc1nnc(-c2cc(C)oc2C)o1. The van der Waals surface area contributed by atoms with Crippen molar-refractivity contribution < 1.29 is 8.83 Å². The molecule has 1 atom stereocenters. The number of aryl methyl sites for hydroxylation is 2. The van der Waals surface area contributed by atoms with Crippen LogP contribution in [0.4, 0.5) is 0 Å². The van der Waals surface area contributed by atoms with Crippen molar-refractivity contribution in [2.24, 2.45) is 5.73 Å². The van der Waals surface area contributed by atoms with Crippen LogP contribution in [-0.4, -0.2) is 22.0 Å². The molecule has 5 nitrogen and oxygen atoms in total. The lowest BCUT2D eigenvalue weighted by atomic mass is 10.2. The lowest BCUT2D eigenvalue weighted by molar-refractivity contribution is 0.499. The van der Waals surface area contributed by atoms with Gasteiger partial charge in [-0.25, -0.2) is 0 Å². The normalized spacial score (nSPS) is 12.8. The molecule has 104 valence electrons. The van der Waals surface area contributed by atoms with Gasteiger partial charge in [0.05, 0.1) is 11.3 Å². The molecular formula is C13H19N3O2S. The Morgan fingerprint density at radius 3 is 2.74 bits per heavy atom. The van der Waals surface area contributed by atoms with Gasteiger partial charge in [0, 0.05) is 11.8 Å². The quantitative estimate of drug-likeness (QED) is 0.877. The Kier molecular flexibility index (Phi) is 4.66. The number of hydrogen-bond acceptors (Lipinski definition) is 6. The zero-order valence-electron chi connectivity index (χ0n) is 11.5. The first-order chi connectivity index (χ1) is 9.10. The summed E-state index contributed by atoms with van der Waals surface area (Å²) >= 11 is 1.71. The molecule has 0 aliphatic carbocycles. The molecule has 0 saturated carbocycles. The van der Waals surface area contributed by atoms with Crippen molar-refractivity contribution in [3.8, 4) is 11.5 Å². The number of aromatic nitrogens is 2. The van der Waals surface area contributed by atoms with Crippen LogP contribution in [0.15, 0.2) is 14.9 Å². The summed E-state index contributed by atoms with van der Waals surface area (Å²) in [4.78, 5) is 0. The van der Waals surface area contributed by atoms with Gasteiger partial charge in [-0.3, -0.25) is 0 Å². The van der Waals surface area contributed by atoms with E-state index in [4.69, 9.17) is 14.6 Å². The zero-order valence-corrected chi connectivity index (χ0v) is 12.3. The predicted molar refractivity (Wildman–Crippen MR) is 75.9 cm³/mol. The van der Waals surface area contributed by atoms with Crippen LogP contribution in [0.5, 0.6) is 0 Å². The highest BCUT2D eigenvalue weighted by molar-refractivity contribution is 7.98. The lowest BCUT2D eigenvalue weighted by Crippen LogP contribution is -2.21. The minimum atomic E-state index is 0.228. The van der Waals surface area contributed by atoms with E-state index in [0.717, 1.165) is 29.3 Å². The van der Waals surface area contributed by atoms with Crippen molar-refractivity contribution in [2.75, 3.05) is 5.75 Å². The van der Waals surface area contributed by atoms with Crippen LogP contribution in [0.3, 0.4) is 0 Å². The molecule has 0 bridgehead atoms. The van der Waals surface area contributed by atoms with Gasteiger partial charge >= 0.3 is 0 Å². The standard InChI is InChI=1S/C13H19N3O2S/c1-4-10(14)6-19-7-12-15-16-13(18-12)11-5-8(2)17-9(11)3/h5,10H,4,6-7,14H2,1-3H3. The third kappa shape index (κ3) is 3.61. The summed E-state index contributed by atoms with van der Waals surface area (Å²) in [6.45, 7) is 5.87. The van der Waals surface area contributed by atoms with Gasteiger partial charge in [-0.1, -0.05) is 6.92 Å². The van der Waals surface area contributed by atoms with Gasteiger partial charge in [0.25, 0.3) is 5.89 Å². The first kappa shape index (κ1) is 14.1. The summed E-state index contributed by atoms with van der Waals surface area (Å²) in [6, 6.07) is 2.14. The topological polar surface area (TPSA) is 78.1 Å². The van der Waals surface area contributed by atoms with Gasteiger partial charge in [-0.05, 0) is 26.3 Å². The van der Waals surface area contributed by atoms with E-state index in [1.54, 1.807) is 11.8 Å². The van der Waals surface area contributed by atoms with Crippen LogP contribution in [0.2, 0.25) is 0 Å². The maximum absolute atomic E-state index is 5.86. The summed E-state index contributed by atoms with van der Waals surface area (Å²) in [7, 11) is 0. The molecular weight excluding hydrogens is 262 g/mol. The highest BCUT2D eigenvalue weighted by atomic mass is 32.2. The summed E-state index contributed by atoms with van der Waals surface area (Å²) in [5, 5.41) is 8.10. The number of rotatable bonds is 6. The molecule has 2 heterocycles. The molecule has 6 heteroatoms. The third-order valence-electron chi connectivity index (χ3n) is 2.82. The average Bonchev–Trinajstić information content (AvgIpc) is 2.95. The second-order valence-electron chi connectivity index (χ2n) is 4.51. The van der Waals surface area contributed by atoms with Crippen LogP contribution in [0.25, 0.3) is 11.5 Å². The molecule has 0 radical (unpaired) electrons.